The summed E-state index contributed by atoms with van der Waals surface area (Å²) in [5.41, 5.74) is 1.11. The van der Waals surface area contributed by atoms with Gasteiger partial charge in [0, 0.05) is 5.92 Å². The second kappa shape index (κ2) is 8.86. The maximum Gasteiger partial charge on any atom is 0.416 e. The van der Waals surface area contributed by atoms with E-state index in [2.05, 4.69) is 13.8 Å². The zero-order chi connectivity index (χ0) is 17.5. The second-order valence-electron chi connectivity index (χ2n) is 7.01. The molecule has 0 N–H and O–H groups in total. The van der Waals surface area contributed by atoms with E-state index in [4.69, 9.17) is 4.74 Å². The lowest BCUT2D eigenvalue weighted by molar-refractivity contribution is -0.133. The van der Waals surface area contributed by atoms with Crippen molar-refractivity contribution in [3.63, 3.8) is 0 Å². The summed E-state index contributed by atoms with van der Waals surface area (Å²) in [4.78, 5) is 26.2. The Morgan fingerprint density at radius 3 is 2.67 bits per heavy atom. The van der Waals surface area contributed by atoms with Crippen molar-refractivity contribution in [2.75, 3.05) is 6.61 Å². The van der Waals surface area contributed by atoms with E-state index < -0.39 is 6.09 Å². The Morgan fingerprint density at radius 1 is 1.29 bits per heavy atom. The van der Waals surface area contributed by atoms with Crippen molar-refractivity contribution in [3.8, 4) is 0 Å². The average Bonchev–Trinajstić information content (AvgIpc) is 2.93. The molecule has 1 aromatic rings. The molecule has 0 unspecified atom stereocenters. The van der Waals surface area contributed by atoms with Gasteiger partial charge < -0.3 is 4.74 Å². The van der Waals surface area contributed by atoms with Crippen LogP contribution in [-0.2, 0) is 16.0 Å². The number of ether oxygens (including phenoxy) is 1. The molecule has 0 saturated carbocycles. The smallest absolute Gasteiger partial charge is 0.416 e. The molecule has 0 radical (unpaired) electrons. The van der Waals surface area contributed by atoms with E-state index in [-0.39, 0.29) is 24.5 Å². The highest BCUT2D eigenvalue weighted by Crippen LogP contribution is 2.24. The van der Waals surface area contributed by atoms with Crippen LogP contribution in [0.15, 0.2) is 30.3 Å². The summed E-state index contributed by atoms with van der Waals surface area (Å²) < 4.78 is 5.16. The molecule has 1 aromatic carbocycles. The van der Waals surface area contributed by atoms with Gasteiger partial charge in [-0.2, -0.15) is 0 Å². The lowest BCUT2D eigenvalue weighted by Gasteiger charge is -2.24. The molecule has 0 aromatic heterocycles. The molecule has 2 amide bonds. The Kier molecular flexibility index (Phi) is 6.83. The van der Waals surface area contributed by atoms with Crippen LogP contribution in [0, 0.1) is 11.8 Å². The van der Waals surface area contributed by atoms with Gasteiger partial charge in [0.15, 0.2) is 0 Å². The summed E-state index contributed by atoms with van der Waals surface area (Å²) in [5, 5.41) is 0. The molecule has 0 bridgehead atoms. The number of nitrogens with zero attached hydrogens (tertiary/aromatic N) is 1. The standard InChI is InChI=1S/C20H29NO3/c1-4-5-9-15(2)12-16(3)19(22)21-18(14-24-20(21)23)13-17-10-7-6-8-11-17/h6-8,10-11,15-16,18H,4-5,9,12-14H2,1-3H3/t15-,16+,18-/m0/s1. The molecular weight excluding hydrogens is 302 g/mol. The molecule has 4 heteroatoms. The fourth-order valence-electron chi connectivity index (χ4n) is 3.38. The largest absolute Gasteiger partial charge is 0.447 e. The predicted molar refractivity (Wildman–Crippen MR) is 94.6 cm³/mol. The molecular formula is C20H29NO3. The average molecular weight is 331 g/mol. The zero-order valence-electron chi connectivity index (χ0n) is 15.0. The van der Waals surface area contributed by atoms with Crippen LogP contribution in [0.4, 0.5) is 4.79 Å². The van der Waals surface area contributed by atoms with Crippen molar-refractivity contribution in [1.29, 1.82) is 0 Å². The molecule has 132 valence electrons. The van der Waals surface area contributed by atoms with Crippen molar-refractivity contribution >= 4 is 12.0 Å². The van der Waals surface area contributed by atoms with Gasteiger partial charge >= 0.3 is 6.09 Å². The molecule has 1 heterocycles. The van der Waals surface area contributed by atoms with Crippen LogP contribution in [0.3, 0.4) is 0 Å². The third-order valence-electron chi connectivity index (χ3n) is 4.74. The molecule has 3 atom stereocenters. The number of rotatable bonds is 8. The first-order valence-electron chi connectivity index (χ1n) is 9.06. The fraction of sp³-hybridized carbons (Fsp3) is 0.600. The van der Waals surface area contributed by atoms with Crippen molar-refractivity contribution in [3.05, 3.63) is 35.9 Å². The van der Waals surface area contributed by atoms with E-state index in [1.54, 1.807) is 0 Å². The summed E-state index contributed by atoms with van der Waals surface area (Å²) in [6.45, 7) is 6.58. The van der Waals surface area contributed by atoms with Crippen LogP contribution < -0.4 is 0 Å². The number of hydrogen-bond donors (Lipinski definition) is 0. The van der Waals surface area contributed by atoms with E-state index in [1.807, 2.05) is 37.3 Å². The Hall–Kier alpha value is -1.84. The van der Waals surface area contributed by atoms with Gasteiger partial charge in [-0.3, -0.25) is 4.79 Å². The number of amides is 2. The molecule has 1 fully saturated rings. The van der Waals surface area contributed by atoms with Crippen LogP contribution in [-0.4, -0.2) is 29.5 Å². The van der Waals surface area contributed by atoms with E-state index in [0.29, 0.717) is 12.3 Å². The number of carbonyl (C=O) groups is 2. The minimum Gasteiger partial charge on any atom is -0.447 e. The normalized spacial score (nSPS) is 19.9. The van der Waals surface area contributed by atoms with Crippen LogP contribution >= 0.6 is 0 Å². The summed E-state index contributed by atoms with van der Waals surface area (Å²) in [6, 6.07) is 9.74. The van der Waals surface area contributed by atoms with Crippen LogP contribution in [0.2, 0.25) is 0 Å². The molecule has 1 aliphatic rings. The Bertz CT molecular complexity index is 543. The number of unbranched alkanes of at least 4 members (excludes halogenated alkanes) is 1. The van der Waals surface area contributed by atoms with Gasteiger partial charge in [0.05, 0.1) is 6.04 Å². The van der Waals surface area contributed by atoms with Crippen LogP contribution in [0.1, 0.15) is 52.0 Å². The summed E-state index contributed by atoms with van der Waals surface area (Å²) in [7, 11) is 0. The van der Waals surface area contributed by atoms with Gasteiger partial charge in [-0.15, -0.1) is 0 Å². The number of carbonyl (C=O) groups excluding carboxylic acids is 2. The first-order valence-corrected chi connectivity index (χ1v) is 9.06. The Labute approximate surface area is 145 Å². The van der Waals surface area contributed by atoms with Crippen LogP contribution in [0.5, 0.6) is 0 Å². The number of hydrogen-bond acceptors (Lipinski definition) is 3. The summed E-state index contributed by atoms with van der Waals surface area (Å²) in [6.07, 6.45) is 4.46. The van der Waals surface area contributed by atoms with E-state index in [9.17, 15) is 9.59 Å². The van der Waals surface area contributed by atoms with Crippen molar-refractivity contribution < 1.29 is 14.3 Å². The van der Waals surface area contributed by atoms with Gasteiger partial charge in [-0.05, 0) is 24.3 Å². The molecule has 0 spiro atoms. The van der Waals surface area contributed by atoms with Gasteiger partial charge in [0.1, 0.15) is 6.61 Å². The third-order valence-corrected chi connectivity index (χ3v) is 4.74. The zero-order valence-corrected chi connectivity index (χ0v) is 15.0. The van der Waals surface area contributed by atoms with E-state index in [0.717, 1.165) is 18.4 Å². The Morgan fingerprint density at radius 2 is 2.00 bits per heavy atom. The monoisotopic (exact) mass is 331 g/mol. The number of benzene rings is 1. The van der Waals surface area contributed by atoms with Crippen molar-refractivity contribution in [2.45, 2.75) is 58.9 Å². The highest BCUT2D eigenvalue weighted by Gasteiger charge is 2.39. The van der Waals surface area contributed by atoms with Gasteiger partial charge in [0.2, 0.25) is 5.91 Å². The summed E-state index contributed by atoms with van der Waals surface area (Å²) in [5.74, 6) is 0.248. The maximum absolute atomic E-state index is 12.8. The van der Waals surface area contributed by atoms with Gasteiger partial charge in [-0.25, -0.2) is 9.69 Å². The first-order chi connectivity index (χ1) is 11.5. The highest BCUT2D eigenvalue weighted by atomic mass is 16.6. The molecule has 1 saturated heterocycles. The first kappa shape index (κ1) is 18.5. The van der Waals surface area contributed by atoms with Crippen molar-refractivity contribution in [1.82, 2.24) is 4.90 Å². The minimum absolute atomic E-state index is 0.0956. The SMILES string of the molecule is CCCC[C@H](C)C[C@@H](C)C(=O)N1C(=O)OC[C@@H]1Cc1ccccc1. The molecule has 4 nitrogen and oxygen atoms in total. The fourth-order valence-corrected chi connectivity index (χ4v) is 3.38. The van der Waals surface area contributed by atoms with E-state index >= 15 is 0 Å². The quantitative estimate of drug-likeness (QED) is 0.708. The topological polar surface area (TPSA) is 46.6 Å². The second-order valence-corrected chi connectivity index (χ2v) is 7.01. The molecule has 2 rings (SSSR count). The minimum atomic E-state index is -0.492. The van der Waals surface area contributed by atoms with Gasteiger partial charge in [-0.1, -0.05) is 70.4 Å². The van der Waals surface area contributed by atoms with Gasteiger partial charge in [0.25, 0.3) is 0 Å². The highest BCUT2D eigenvalue weighted by molar-refractivity contribution is 5.94. The van der Waals surface area contributed by atoms with Crippen LogP contribution in [0.25, 0.3) is 0 Å². The Balaban J connectivity index is 1.98. The lowest BCUT2D eigenvalue weighted by Crippen LogP contribution is -2.43. The number of cyclic esters (lactones) is 1. The predicted octanol–water partition coefficient (Wildman–Crippen LogP) is 4.43. The molecule has 1 aliphatic heterocycles. The third kappa shape index (κ3) is 4.83. The molecule has 0 aliphatic carbocycles. The lowest BCUT2D eigenvalue weighted by atomic mass is 9.92. The van der Waals surface area contributed by atoms with E-state index in [1.165, 1.54) is 17.7 Å². The number of imide groups is 1. The molecule has 24 heavy (non-hydrogen) atoms. The maximum atomic E-state index is 12.8. The van der Waals surface area contributed by atoms with Crippen molar-refractivity contribution in [2.24, 2.45) is 11.8 Å². The summed E-state index contributed by atoms with van der Waals surface area (Å²) >= 11 is 0.